The predicted octanol–water partition coefficient (Wildman–Crippen LogP) is 2.20. The molecule has 1 aliphatic heterocycles. The number of morpholine rings is 1. The first-order chi connectivity index (χ1) is 10.6. The van der Waals surface area contributed by atoms with E-state index in [1.54, 1.807) is 0 Å². The van der Waals surface area contributed by atoms with E-state index in [0.29, 0.717) is 19.6 Å². The van der Waals surface area contributed by atoms with Gasteiger partial charge in [-0.3, -0.25) is 4.79 Å². The average molecular weight is 338 g/mol. The molecule has 23 heavy (non-hydrogen) atoms. The molecule has 5 nitrogen and oxygen atoms in total. The summed E-state index contributed by atoms with van der Waals surface area (Å²) in [4.78, 5) is 15.4. The molecule has 0 spiro atoms. The Balaban J connectivity index is 0.00000192. The molecule has 1 fully saturated rings. The van der Waals surface area contributed by atoms with E-state index in [-0.39, 0.29) is 24.4 Å². The minimum atomic E-state index is 0. The highest BCUT2D eigenvalue weighted by Crippen LogP contribution is 2.22. The van der Waals surface area contributed by atoms with Crippen molar-refractivity contribution in [2.24, 2.45) is 0 Å². The van der Waals surface area contributed by atoms with E-state index in [2.05, 4.69) is 47.7 Å². The van der Waals surface area contributed by atoms with Crippen LogP contribution in [-0.4, -0.2) is 36.7 Å². The number of carbonyl (C=O) groups is 1. The molecule has 1 unspecified atom stereocenters. The van der Waals surface area contributed by atoms with Gasteiger partial charge in [0.25, 0.3) is 0 Å². The van der Waals surface area contributed by atoms with E-state index in [1.807, 2.05) is 0 Å². The fraction of sp³-hybridized carbons (Fsp3) is 0.471. The van der Waals surface area contributed by atoms with Crippen molar-refractivity contribution in [1.29, 1.82) is 0 Å². The molecule has 0 saturated carbocycles. The van der Waals surface area contributed by atoms with Crippen molar-refractivity contribution in [1.82, 2.24) is 15.6 Å². The second kappa shape index (κ2) is 7.81. The van der Waals surface area contributed by atoms with E-state index in [0.717, 1.165) is 24.2 Å². The number of nitrogens with one attached hydrogen (secondary N) is 3. The largest absolute Gasteiger partial charge is 0.378 e. The first kappa shape index (κ1) is 17.8. The third-order valence-electron chi connectivity index (χ3n) is 4.29. The number of aromatic amines is 1. The lowest BCUT2D eigenvalue weighted by atomic mass is 10.1. The summed E-state index contributed by atoms with van der Waals surface area (Å²) in [6, 6.07) is 6.41. The van der Waals surface area contributed by atoms with Crippen molar-refractivity contribution in [2.75, 3.05) is 19.8 Å². The highest BCUT2D eigenvalue weighted by Gasteiger charge is 2.16. The topological polar surface area (TPSA) is 66.2 Å². The number of H-pyrrole nitrogens is 1. The molecule has 1 amide bonds. The van der Waals surface area contributed by atoms with Crippen LogP contribution in [0.1, 0.15) is 23.2 Å². The second-order valence-electron chi connectivity index (χ2n) is 5.96. The van der Waals surface area contributed by atoms with Gasteiger partial charge >= 0.3 is 0 Å². The Labute approximate surface area is 142 Å². The normalized spacial score (nSPS) is 17.7. The highest BCUT2D eigenvalue weighted by atomic mass is 35.5. The van der Waals surface area contributed by atoms with Crippen LogP contribution in [0.2, 0.25) is 0 Å². The SMILES string of the molecule is Cc1[nH]c2ccc(CNC(=O)CC3COCCN3)cc2c1C.Cl. The number of fused-ring (bicyclic) bond motifs is 1. The fourth-order valence-corrected chi connectivity index (χ4v) is 2.87. The molecular formula is C17H24ClN3O2. The number of hydrogen-bond acceptors (Lipinski definition) is 3. The first-order valence-corrected chi connectivity index (χ1v) is 7.79. The van der Waals surface area contributed by atoms with Crippen LogP contribution in [0, 0.1) is 13.8 Å². The van der Waals surface area contributed by atoms with Crippen molar-refractivity contribution >= 4 is 29.2 Å². The quantitative estimate of drug-likeness (QED) is 0.801. The van der Waals surface area contributed by atoms with Gasteiger partial charge in [0.15, 0.2) is 0 Å². The minimum Gasteiger partial charge on any atom is -0.378 e. The number of ether oxygens (including phenoxy) is 1. The average Bonchev–Trinajstić information content (AvgIpc) is 2.81. The Morgan fingerprint density at radius 1 is 1.39 bits per heavy atom. The fourth-order valence-electron chi connectivity index (χ4n) is 2.87. The molecule has 0 aliphatic carbocycles. The lowest BCUT2D eigenvalue weighted by molar-refractivity contribution is -0.122. The van der Waals surface area contributed by atoms with Crippen LogP contribution in [0.15, 0.2) is 18.2 Å². The zero-order valence-electron chi connectivity index (χ0n) is 13.6. The Bertz CT molecular complexity index is 678. The third kappa shape index (κ3) is 4.25. The van der Waals surface area contributed by atoms with Gasteiger partial charge in [-0.05, 0) is 37.1 Å². The van der Waals surface area contributed by atoms with Crippen LogP contribution in [0.3, 0.4) is 0 Å². The minimum absolute atomic E-state index is 0. The van der Waals surface area contributed by atoms with Gasteiger partial charge in [-0.25, -0.2) is 0 Å². The van der Waals surface area contributed by atoms with Gasteiger partial charge < -0.3 is 20.4 Å². The molecule has 1 aromatic heterocycles. The number of hydrogen-bond donors (Lipinski definition) is 3. The summed E-state index contributed by atoms with van der Waals surface area (Å²) in [5.74, 6) is 0.0602. The molecule has 1 aromatic carbocycles. The van der Waals surface area contributed by atoms with E-state index >= 15 is 0 Å². The van der Waals surface area contributed by atoms with Gasteiger partial charge in [-0.15, -0.1) is 12.4 Å². The maximum atomic E-state index is 12.0. The zero-order valence-corrected chi connectivity index (χ0v) is 14.4. The van der Waals surface area contributed by atoms with Gasteiger partial charge in [0.1, 0.15) is 0 Å². The molecule has 0 radical (unpaired) electrons. The standard InChI is InChI=1S/C17H23N3O2.ClH/c1-11-12(2)20-16-4-3-13(7-15(11)16)9-19-17(21)8-14-10-22-6-5-18-14;/h3-4,7,14,18,20H,5-6,8-10H2,1-2H3,(H,19,21);1H. The number of halogens is 1. The molecule has 0 bridgehead atoms. The van der Waals surface area contributed by atoms with Crippen molar-refractivity contribution in [3.63, 3.8) is 0 Å². The van der Waals surface area contributed by atoms with Crippen LogP contribution in [-0.2, 0) is 16.1 Å². The van der Waals surface area contributed by atoms with Crippen LogP contribution < -0.4 is 10.6 Å². The predicted molar refractivity (Wildman–Crippen MR) is 94.1 cm³/mol. The molecule has 1 saturated heterocycles. The molecule has 2 heterocycles. The summed E-state index contributed by atoms with van der Waals surface area (Å²) in [6.07, 6.45) is 0.463. The van der Waals surface area contributed by atoms with Crippen LogP contribution in [0.25, 0.3) is 10.9 Å². The summed E-state index contributed by atoms with van der Waals surface area (Å²) >= 11 is 0. The number of aromatic nitrogens is 1. The van der Waals surface area contributed by atoms with Crippen molar-refractivity contribution in [2.45, 2.75) is 32.9 Å². The van der Waals surface area contributed by atoms with Crippen LogP contribution >= 0.6 is 12.4 Å². The van der Waals surface area contributed by atoms with Gasteiger partial charge in [0, 0.05) is 42.1 Å². The van der Waals surface area contributed by atoms with Crippen molar-refractivity contribution in [3.05, 3.63) is 35.0 Å². The molecule has 2 aromatic rings. The van der Waals surface area contributed by atoms with Crippen LogP contribution in [0.5, 0.6) is 0 Å². The number of rotatable bonds is 4. The van der Waals surface area contributed by atoms with E-state index in [4.69, 9.17) is 4.74 Å². The summed E-state index contributed by atoms with van der Waals surface area (Å²) in [5.41, 5.74) is 4.73. The second-order valence-corrected chi connectivity index (χ2v) is 5.96. The summed E-state index contributed by atoms with van der Waals surface area (Å²) < 4.78 is 5.36. The molecule has 3 N–H and O–H groups in total. The van der Waals surface area contributed by atoms with E-state index in [9.17, 15) is 4.79 Å². The van der Waals surface area contributed by atoms with Gasteiger partial charge in [0.05, 0.1) is 13.2 Å². The number of amides is 1. The number of aryl methyl sites for hydroxylation is 2. The smallest absolute Gasteiger partial charge is 0.221 e. The molecule has 1 aliphatic rings. The zero-order chi connectivity index (χ0) is 15.5. The number of carbonyl (C=O) groups excluding carboxylic acids is 1. The maximum Gasteiger partial charge on any atom is 0.221 e. The van der Waals surface area contributed by atoms with Gasteiger partial charge in [-0.1, -0.05) is 6.07 Å². The summed E-state index contributed by atoms with van der Waals surface area (Å²) in [7, 11) is 0. The van der Waals surface area contributed by atoms with E-state index in [1.165, 1.54) is 16.6 Å². The lowest BCUT2D eigenvalue weighted by Gasteiger charge is -2.23. The highest BCUT2D eigenvalue weighted by molar-refractivity contribution is 5.85. The lowest BCUT2D eigenvalue weighted by Crippen LogP contribution is -2.44. The first-order valence-electron chi connectivity index (χ1n) is 7.79. The number of benzene rings is 1. The Morgan fingerprint density at radius 3 is 2.96 bits per heavy atom. The van der Waals surface area contributed by atoms with Gasteiger partial charge in [-0.2, -0.15) is 0 Å². The monoisotopic (exact) mass is 337 g/mol. The molecule has 1 atom stereocenters. The molecule has 126 valence electrons. The summed E-state index contributed by atoms with van der Waals surface area (Å²) in [5, 5.41) is 7.51. The Kier molecular flexibility index (Phi) is 6.04. The maximum absolute atomic E-state index is 12.0. The van der Waals surface area contributed by atoms with Crippen molar-refractivity contribution in [3.8, 4) is 0 Å². The van der Waals surface area contributed by atoms with Crippen LogP contribution in [0.4, 0.5) is 0 Å². The van der Waals surface area contributed by atoms with E-state index < -0.39 is 0 Å². The van der Waals surface area contributed by atoms with Crippen molar-refractivity contribution < 1.29 is 9.53 Å². The molecule has 6 heteroatoms. The summed E-state index contributed by atoms with van der Waals surface area (Å²) in [6.45, 7) is 6.92. The molecular weight excluding hydrogens is 314 g/mol. The third-order valence-corrected chi connectivity index (χ3v) is 4.29. The Morgan fingerprint density at radius 2 is 2.22 bits per heavy atom. The van der Waals surface area contributed by atoms with Gasteiger partial charge in [0.2, 0.25) is 5.91 Å². The molecule has 3 rings (SSSR count). The Hall–Kier alpha value is -1.56.